The molecule has 1 atom stereocenters. The van der Waals surface area contributed by atoms with E-state index in [-0.39, 0.29) is 23.7 Å². The molecule has 0 radical (unpaired) electrons. The molecule has 160 valence electrons. The van der Waals surface area contributed by atoms with Gasteiger partial charge in [-0.1, -0.05) is 29.8 Å². The molecular weight excluding hydrogens is 417 g/mol. The molecule has 0 saturated heterocycles. The van der Waals surface area contributed by atoms with Crippen LogP contribution in [0.5, 0.6) is 0 Å². The van der Waals surface area contributed by atoms with Crippen molar-refractivity contribution >= 4 is 26.7 Å². The van der Waals surface area contributed by atoms with E-state index >= 15 is 0 Å². The van der Waals surface area contributed by atoms with Gasteiger partial charge in [0.2, 0.25) is 0 Å². The second-order valence-electron chi connectivity index (χ2n) is 7.37. The number of hydrogen-bond acceptors (Lipinski definition) is 4. The molecule has 6 nitrogen and oxygen atoms in total. The summed E-state index contributed by atoms with van der Waals surface area (Å²) in [6, 6.07) is 19.1. The highest BCUT2D eigenvalue weighted by atomic mass is 32.2. The third-order valence-corrected chi connectivity index (χ3v) is 6.84. The molecule has 0 aliphatic rings. The minimum Gasteiger partial charge on any atom is -0.389 e. The number of anilines is 1. The lowest BCUT2D eigenvalue weighted by Gasteiger charge is -2.27. The Labute approximate surface area is 180 Å². The monoisotopic (exact) mass is 439 g/mol. The number of aliphatic hydroxyl groups is 1. The van der Waals surface area contributed by atoms with E-state index in [1.807, 2.05) is 31.2 Å². The molecule has 31 heavy (non-hydrogen) atoms. The zero-order chi connectivity index (χ0) is 22.0. The van der Waals surface area contributed by atoms with Crippen LogP contribution in [-0.4, -0.2) is 35.7 Å². The number of halogens is 1. The van der Waals surface area contributed by atoms with Gasteiger partial charge < -0.3 is 9.67 Å². The summed E-state index contributed by atoms with van der Waals surface area (Å²) in [7, 11) is -3.97. The van der Waals surface area contributed by atoms with Crippen molar-refractivity contribution in [3.63, 3.8) is 0 Å². The molecule has 4 aromatic rings. The predicted octanol–water partition coefficient (Wildman–Crippen LogP) is 3.74. The maximum absolute atomic E-state index is 13.4. The van der Waals surface area contributed by atoms with Gasteiger partial charge in [-0.2, -0.15) is 0 Å². The maximum Gasteiger partial charge on any atom is 0.264 e. The van der Waals surface area contributed by atoms with Crippen LogP contribution < -0.4 is 4.31 Å². The number of benzene rings is 3. The number of para-hydroxylation sites is 2. The SMILES string of the molecule is Cc1ccc(S(=O)(=O)N(C[C@H](O)Cn2cnc3ccccc32)c2ccc(F)cc2)cc1. The lowest BCUT2D eigenvalue weighted by Crippen LogP contribution is -2.39. The third-order valence-electron chi connectivity index (χ3n) is 5.03. The Balaban J connectivity index is 1.65. The van der Waals surface area contributed by atoms with Crippen molar-refractivity contribution in [1.29, 1.82) is 0 Å². The van der Waals surface area contributed by atoms with E-state index in [0.717, 1.165) is 20.9 Å². The van der Waals surface area contributed by atoms with Crippen molar-refractivity contribution in [2.75, 3.05) is 10.8 Å². The van der Waals surface area contributed by atoms with Crippen molar-refractivity contribution in [1.82, 2.24) is 9.55 Å². The summed E-state index contributed by atoms with van der Waals surface area (Å²) in [6.45, 7) is 1.82. The first-order valence-electron chi connectivity index (χ1n) is 9.77. The molecule has 0 aliphatic heterocycles. The summed E-state index contributed by atoms with van der Waals surface area (Å²) < 4.78 is 43.1. The van der Waals surface area contributed by atoms with Crippen LogP contribution in [0.2, 0.25) is 0 Å². The fourth-order valence-electron chi connectivity index (χ4n) is 3.42. The molecule has 0 aliphatic carbocycles. The summed E-state index contributed by atoms with van der Waals surface area (Å²) in [6.07, 6.45) is 0.591. The standard InChI is InChI=1S/C23H22FN3O3S/c1-17-6-12-21(13-7-17)31(29,30)27(19-10-8-18(24)9-11-19)15-20(28)14-26-16-25-22-4-2-3-5-23(22)26/h2-13,16,20,28H,14-15H2,1H3/t20-/m1/s1. The number of fused-ring (bicyclic) bond motifs is 1. The quantitative estimate of drug-likeness (QED) is 0.476. The smallest absolute Gasteiger partial charge is 0.264 e. The van der Waals surface area contributed by atoms with Crippen LogP contribution in [0.1, 0.15) is 5.56 Å². The van der Waals surface area contributed by atoms with Crippen LogP contribution in [0.15, 0.2) is 84.0 Å². The van der Waals surface area contributed by atoms with Gasteiger partial charge in [0, 0.05) is 0 Å². The minimum atomic E-state index is -3.97. The summed E-state index contributed by atoms with van der Waals surface area (Å²) in [4.78, 5) is 4.40. The number of nitrogens with zero attached hydrogens (tertiary/aromatic N) is 3. The predicted molar refractivity (Wildman–Crippen MR) is 118 cm³/mol. The first-order valence-corrected chi connectivity index (χ1v) is 11.2. The Hall–Kier alpha value is -3.23. The molecule has 0 amide bonds. The Morgan fingerprint density at radius 1 is 1.03 bits per heavy atom. The molecule has 0 bridgehead atoms. The highest BCUT2D eigenvalue weighted by Crippen LogP contribution is 2.25. The van der Waals surface area contributed by atoms with Crippen LogP contribution >= 0.6 is 0 Å². The van der Waals surface area contributed by atoms with Gasteiger partial charge in [0.25, 0.3) is 10.0 Å². The molecular formula is C23H22FN3O3S. The van der Waals surface area contributed by atoms with Gasteiger partial charge in [0.15, 0.2) is 0 Å². The highest BCUT2D eigenvalue weighted by Gasteiger charge is 2.27. The lowest BCUT2D eigenvalue weighted by atomic mass is 10.2. The normalized spacial score (nSPS) is 12.7. The fourth-order valence-corrected chi connectivity index (χ4v) is 4.92. The zero-order valence-electron chi connectivity index (χ0n) is 16.9. The fraction of sp³-hybridized carbons (Fsp3) is 0.174. The number of aromatic nitrogens is 2. The summed E-state index contributed by atoms with van der Waals surface area (Å²) in [5, 5.41) is 10.8. The number of aryl methyl sites for hydroxylation is 1. The number of sulfonamides is 1. The molecule has 0 unspecified atom stereocenters. The lowest BCUT2D eigenvalue weighted by molar-refractivity contribution is 0.164. The van der Waals surface area contributed by atoms with Crippen molar-refractivity contribution in [3.05, 3.63) is 90.5 Å². The van der Waals surface area contributed by atoms with E-state index < -0.39 is 21.9 Å². The highest BCUT2D eigenvalue weighted by molar-refractivity contribution is 7.92. The van der Waals surface area contributed by atoms with Crippen LogP contribution in [0.3, 0.4) is 0 Å². The first kappa shape index (κ1) is 21.0. The molecule has 0 fully saturated rings. The Morgan fingerprint density at radius 3 is 2.42 bits per heavy atom. The number of hydrogen-bond donors (Lipinski definition) is 1. The Bertz CT molecular complexity index is 1290. The van der Waals surface area contributed by atoms with E-state index in [2.05, 4.69) is 4.98 Å². The molecule has 1 N–H and O–H groups in total. The summed E-state index contributed by atoms with van der Waals surface area (Å²) in [5.74, 6) is -0.470. The van der Waals surface area contributed by atoms with E-state index in [4.69, 9.17) is 0 Å². The van der Waals surface area contributed by atoms with Crippen LogP contribution in [-0.2, 0) is 16.6 Å². The van der Waals surface area contributed by atoms with Crippen LogP contribution in [0, 0.1) is 12.7 Å². The third kappa shape index (κ3) is 4.45. The van der Waals surface area contributed by atoms with Gasteiger partial charge in [-0.15, -0.1) is 0 Å². The van der Waals surface area contributed by atoms with E-state index in [1.54, 1.807) is 23.0 Å². The van der Waals surface area contributed by atoms with Crippen LogP contribution in [0.25, 0.3) is 11.0 Å². The van der Waals surface area contributed by atoms with E-state index in [0.29, 0.717) is 0 Å². The second-order valence-corrected chi connectivity index (χ2v) is 9.23. The molecule has 3 aromatic carbocycles. The summed E-state index contributed by atoms with van der Waals surface area (Å²) in [5.41, 5.74) is 2.84. The van der Waals surface area contributed by atoms with Crippen molar-refractivity contribution in [3.8, 4) is 0 Å². The van der Waals surface area contributed by atoms with Gasteiger partial charge in [-0.05, 0) is 55.5 Å². The van der Waals surface area contributed by atoms with Crippen molar-refractivity contribution in [2.45, 2.75) is 24.5 Å². The maximum atomic E-state index is 13.4. The number of rotatable bonds is 7. The van der Waals surface area contributed by atoms with E-state index in [9.17, 15) is 17.9 Å². The van der Waals surface area contributed by atoms with Gasteiger partial charge in [-0.25, -0.2) is 17.8 Å². The van der Waals surface area contributed by atoms with Crippen LogP contribution in [0.4, 0.5) is 10.1 Å². The molecule has 8 heteroatoms. The van der Waals surface area contributed by atoms with E-state index in [1.165, 1.54) is 36.4 Å². The molecule has 1 aromatic heterocycles. The van der Waals surface area contributed by atoms with Gasteiger partial charge in [0.1, 0.15) is 5.82 Å². The van der Waals surface area contributed by atoms with Gasteiger partial charge >= 0.3 is 0 Å². The minimum absolute atomic E-state index is 0.0997. The topological polar surface area (TPSA) is 75.4 Å². The summed E-state index contributed by atoms with van der Waals surface area (Å²) >= 11 is 0. The molecule has 4 rings (SSSR count). The molecule has 0 saturated carbocycles. The average molecular weight is 440 g/mol. The Morgan fingerprint density at radius 2 is 1.71 bits per heavy atom. The largest absolute Gasteiger partial charge is 0.389 e. The van der Waals surface area contributed by atoms with Gasteiger partial charge in [-0.3, -0.25) is 4.31 Å². The van der Waals surface area contributed by atoms with Crippen molar-refractivity contribution < 1.29 is 17.9 Å². The zero-order valence-corrected chi connectivity index (χ0v) is 17.7. The molecule has 1 heterocycles. The molecule has 0 spiro atoms. The Kier molecular flexibility index (Phi) is 5.75. The average Bonchev–Trinajstić information content (AvgIpc) is 3.16. The number of imidazole rings is 1. The number of aliphatic hydroxyl groups excluding tert-OH is 1. The van der Waals surface area contributed by atoms with Gasteiger partial charge in [0.05, 0.1) is 47.1 Å². The van der Waals surface area contributed by atoms with Crippen molar-refractivity contribution in [2.24, 2.45) is 0 Å². The first-order chi connectivity index (χ1) is 14.8. The second kappa shape index (κ2) is 8.49.